The summed E-state index contributed by atoms with van der Waals surface area (Å²) in [7, 11) is 0. The third-order valence-corrected chi connectivity index (χ3v) is 4.47. The number of aliphatic carboxylic acids is 1. The summed E-state index contributed by atoms with van der Waals surface area (Å²) < 4.78 is 0. The maximum Gasteiger partial charge on any atom is 0.317 e. The van der Waals surface area contributed by atoms with E-state index in [1.807, 2.05) is 27.7 Å². The van der Waals surface area contributed by atoms with Gasteiger partial charge in [-0.25, -0.2) is 4.79 Å². The van der Waals surface area contributed by atoms with Crippen LogP contribution in [0.4, 0.5) is 4.79 Å². The highest BCUT2D eigenvalue weighted by Crippen LogP contribution is 2.35. The first-order valence-electron chi connectivity index (χ1n) is 7.07. The maximum atomic E-state index is 12.1. The van der Waals surface area contributed by atoms with Crippen LogP contribution in [0.25, 0.3) is 0 Å². The second-order valence-electron chi connectivity index (χ2n) is 6.09. The van der Waals surface area contributed by atoms with Crippen LogP contribution in [-0.4, -0.2) is 40.6 Å². The number of carbonyl (C=O) groups is 2. The van der Waals surface area contributed by atoms with Crippen LogP contribution in [0.3, 0.4) is 0 Å². The number of rotatable bonds is 4. The molecule has 110 valence electrons. The van der Waals surface area contributed by atoms with Gasteiger partial charge in [0.2, 0.25) is 0 Å². The van der Waals surface area contributed by atoms with E-state index in [4.69, 9.17) is 0 Å². The molecule has 0 atom stereocenters. The summed E-state index contributed by atoms with van der Waals surface area (Å²) in [5.74, 6) is -0.732. The Hall–Kier alpha value is -1.26. The molecule has 1 aliphatic rings. The van der Waals surface area contributed by atoms with Crippen molar-refractivity contribution in [2.24, 2.45) is 5.41 Å². The molecule has 0 aromatic rings. The van der Waals surface area contributed by atoms with Gasteiger partial charge in [-0.15, -0.1) is 0 Å². The van der Waals surface area contributed by atoms with Gasteiger partial charge < -0.3 is 15.3 Å². The molecule has 2 N–H and O–H groups in total. The monoisotopic (exact) mass is 270 g/mol. The number of urea groups is 1. The highest BCUT2D eigenvalue weighted by Gasteiger charge is 2.41. The van der Waals surface area contributed by atoms with Crippen LogP contribution in [0.2, 0.25) is 0 Å². The van der Waals surface area contributed by atoms with Crippen LogP contribution in [0, 0.1) is 5.41 Å². The summed E-state index contributed by atoms with van der Waals surface area (Å²) in [5, 5.41) is 12.3. The first-order chi connectivity index (χ1) is 8.76. The lowest BCUT2D eigenvalue weighted by Crippen LogP contribution is -2.54. The SMILES string of the molecule is CCC(C)(C)NC(=O)N1CCC(CC)(C(=O)O)CC1. The molecule has 5 nitrogen and oxygen atoms in total. The molecule has 1 saturated heterocycles. The topological polar surface area (TPSA) is 69.6 Å². The summed E-state index contributed by atoms with van der Waals surface area (Å²) in [6, 6.07) is -0.0815. The van der Waals surface area contributed by atoms with E-state index in [0.29, 0.717) is 32.4 Å². The predicted molar refractivity (Wildman–Crippen MR) is 74.1 cm³/mol. The van der Waals surface area contributed by atoms with Crippen molar-refractivity contribution >= 4 is 12.0 Å². The lowest BCUT2D eigenvalue weighted by molar-refractivity contribution is -0.152. The van der Waals surface area contributed by atoms with E-state index in [1.54, 1.807) is 4.90 Å². The number of piperidine rings is 1. The summed E-state index contributed by atoms with van der Waals surface area (Å²) in [6.45, 7) is 8.95. The van der Waals surface area contributed by atoms with Gasteiger partial charge in [0.25, 0.3) is 0 Å². The second kappa shape index (κ2) is 5.80. The standard InChI is InChI=1S/C14H26N2O3/c1-5-13(3,4)15-12(19)16-9-7-14(6-2,8-10-16)11(17)18/h5-10H2,1-4H3,(H,15,19)(H,17,18). The quantitative estimate of drug-likeness (QED) is 0.824. The molecule has 5 heteroatoms. The van der Waals surface area contributed by atoms with Crippen LogP contribution in [0.1, 0.15) is 53.4 Å². The van der Waals surface area contributed by atoms with Gasteiger partial charge in [0.1, 0.15) is 0 Å². The lowest BCUT2D eigenvalue weighted by atomic mass is 9.76. The van der Waals surface area contributed by atoms with E-state index in [9.17, 15) is 14.7 Å². The molecule has 0 unspecified atom stereocenters. The fourth-order valence-corrected chi connectivity index (χ4v) is 2.31. The number of hydrogen-bond donors (Lipinski definition) is 2. The van der Waals surface area contributed by atoms with E-state index >= 15 is 0 Å². The fourth-order valence-electron chi connectivity index (χ4n) is 2.31. The number of amides is 2. The Labute approximate surface area is 115 Å². The average molecular weight is 270 g/mol. The maximum absolute atomic E-state index is 12.1. The number of carboxylic acids is 1. The van der Waals surface area contributed by atoms with Gasteiger partial charge in [-0.1, -0.05) is 13.8 Å². The average Bonchev–Trinajstić information content (AvgIpc) is 2.38. The molecule has 1 fully saturated rings. The van der Waals surface area contributed by atoms with Gasteiger partial charge in [-0.2, -0.15) is 0 Å². The van der Waals surface area contributed by atoms with Gasteiger partial charge in [-0.3, -0.25) is 4.79 Å². The van der Waals surface area contributed by atoms with Crippen molar-refractivity contribution in [3.63, 3.8) is 0 Å². The van der Waals surface area contributed by atoms with Crippen LogP contribution >= 0.6 is 0 Å². The normalized spacial score (nSPS) is 19.1. The van der Waals surface area contributed by atoms with Crippen LogP contribution in [-0.2, 0) is 4.79 Å². The Bertz CT molecular complexity index is 345. The van der Waals surface area contributed by atoms with E-state index in [0.717, 1.165) is 6.42 Å². The second-order valence-corrected chi connectivity index (χ2v) is 6.09. The van der Waals surface area contributed by atoms with Gasteiger partial charge in [0.05, 0.1) is 5.41 Å². The summed E-state index contributed by atoms with van der Waals surface area (Å²) >= 11 is 0. The first kappa shape index (κ1) is 15.8. The Morgan fingerprint density at radius 3 is 2.16 bits per heavy atom. The minimum atomic E-state index is -0.732. The first-order valence-corrected chi connectivity index (χ1v) is 7.07. The smallest absolute Gasteiger partial charge is 0.317 e. The molecule has 0 aromatic carbocycles. The number of nitrogens with one attached hydrogen (secondary N) is 1. The molecule has 0 saturated carbocycles. The highest BCUT2D eigenvalue weighted by molar-refractivity contribution is 5.77. The molecule has 0 aliphatic carbocycles. The third kappa shape index (κ3) is 3.61. The molecule has 1 rings (SSSR count). The number of nitrogens with zero attached hydrogens (tertiary/aromatic N) is 1. The largest absolute Gasteiger partial charge is 0.481 e. The summed E-state index contributed by atoms with van der Waals surface area (Å²) in [4.78, 5) is 25.2. The van der Waals surface area contributed by atoms with Crippen LogP contribution in [0.5, 0.6) is 0 Å². The van der Waals surface area contributed by atoms with Crippen molar-refractivity contribution in [2.45, 2.75) is 58.9 Å². The molecule has 19 heavy (non-hydrogen) atoms. The summed E-state index contributed by atoms with van der Waals surface area (Å²) in [5.41, 5.74) is -0.861. The molecule has 0 radical (unpaired) electrons. The molecule has 1 heterocycles. The van der Waals surface area contributed by atoms with E-state index in [2.05, 4.69) is 5.32 Å². The zero-order chi connectivity index (χ0) is 14.7. The number of carboxylic acid groups (broad SMARTS) is 1. The third-order valence-electron chi connectivity index (χ3n) is 4.47. The van der Waals surface area contributed by atoms with Crippen molar-refractivity contribution in [2.75, 3.05) is 13.1 Å². The molecule has 0 aromatic heterocycles. The molecule has 0 spiro atoms. The number of likely N-dealkylation sites (tertiary alicyclic amines) is 1. The van der Waals surface area contributed by atoms with E-state index < -0.39 is 11.4 Å². The summed E-state index contributed by atoms with van der Waals surface area (Å²) in [6.07, 6.45) is 2.57. The Morgan fingerprint density at radius 2 is 1.79 bits per heavy atom. The van der Waals surface area contributed by atoms with Crippen molar-refractivity contribution in [1.82, 2.24) is 10.2 Å². The Morgan fingerprint density at radius 1 is 1.26 bits per heavy atom. The van der Waals surface area contributed by atoms with Gasteiger partial charge in [-0.05, 0) is 39.5 Å². The van der Waals surface area contributed by atoms with Gasteiger partial charge in [0.15, 0.2) is 0 Å². The molecule has 2 amide bonds. The van der Waals surface area contributed by atoms with Crippen LogP contribution in [0.15, 0.2) is 0 Å². The van der Waals surface area contributed by atoms with Crippen molar-refractivity contribution < 1.29 is 14.7 Å². The van der Waals surface area contributed by atoms with Crippen molar-refractivity contribution in [3.05, 3.63) is 0 Å². The Kier molecular flexibility index (Phi) is 4.82. The van der Waals surface area contributed by atoms with Crippen molar-refractivity contribution in [3.8, 4) is 0 Å². The molecule has 1 aliphatic heterocycles. The lowest BCUT2D eigenvalue weighted by Gasteiger charge is -2.39. The minimum absolute atomic E-state index is 0.0815. The zero-order valence-corrected chi connectivity index (χ0v) is 12.5. The molecule has 0 bridgehead atoms. The minimum Gasteiger partial charge on any atom is -0.481 e. The van der Waals surface area contributed by atoms with E-state index in [-0.39, 0.29) is 11.6 Å². The number of hydrogen-bond acceptors (Lipinski definition) is 2. The van der Waals surface area contributed by atoms with Crippen molar-refractivity contribution in [1.29, 1.82) is 0 Å². The molecular weight excluding hydrogens is 244 g/mol. The van der Waals surface area contributed by atoms with E-state index in [1.165, 1.54) is 0 Å². The number of carbonyl (C=O) groups excluding carboxylic acids is 1. The fraction of sp³-hybridized carbons (Fsp3) is 0.857. The molecular formula is C14H26N2O3. The van der Waals surface area contributed by atoms with Gasteiger partial charge in [0, 0.05) is 18.6 Å². The zero-order valence-electron chi connectivity index (χ0n) is 12.5. The van der Waals surface area contributed by atoms with Gasteiger partial charge >= 0.3 is 12.0 Å². The predicted octanol–water partition coefficient (Wildman–Crippen LogP) is 2.46. The van der Waals surface area contributed by atoms with Crippen LogP contribution < -0.4 is 5.32 Å². The Balaban J connectivity index is 2.59. The highest BCUT2D eigenvalue weighted by atomic mass is 16.4.